The molecule has 0 spiro atoms. The van der Waals surface area contributed by atoms with Crippen LogP contribution in [0.2, 0.25) is 0 Å². The van der Waals surface area contributed by atoms with Crippen molar-refractivity contribution in [2.24, 2.45) is 0 Å². The van der Waals surface area contributed by atoms with E-state index in [4.69, 9.17) is 10.5 Å². The molecule has 0 aliphatic carbocycles. The molecule has 19 heavy (non-hydrogen) atoms. The largest absolute Gasteiger partial charge is 0.494 e. The van der Waals surface area contributed by atoms with E-state index in [0.717, 1.165) is 48.9 Å². The number of nitrogens with two attached hydrogens (primary N) is 1. The molecule has 0 bridgehead atoms. The zero-order valence-corrected chi connectivity index (χ0v) is 11.8. The van der Waals surface area contributed by atoms with E-state index in [1.807, 2.05) is 32.1 Å². The van der Waals surface area contributed by atoms with Crippen molar-refractivity contribution in [1.29, 1.82) is 0 Å². The standard InChI is InChI=1S/C15H23N3O/c1-3-5-12-10-13(19-4-2)11-14(15(12)16)18-8-6-17-7-9-18/h3,5,10-11,17H,4,6-9,16H2,1-2H3/b5-3-. The summed E-state index contributed by atoms with van der Waals surface area (Å²) in [6.07, 6.45) is 4.03. The summed E-state index contributed by atoms with van der Waals surface area (Å²) in [5.41, 5.74) is 9.25. The molecule has 0 radical (unpaired) electrons. The highest BCUT2D eigenvalue weighted by atomic mass is 16.5. The van der Waals surface area contributed by atoms with Crippen LogP contribution >= 0.6 is 0 Å². The molecule has 1 aromatic carbocycles. The maximum atomic E-state index is 6.30. The molecule has 1 fully saturated rings. The van der Waals surface area contributed by atoms with E-state index < -0.39 is 0 Å². The number of piperazine rings is 1. The van der Waals surface area contributed by atoms with Gasteiger partial charge < -0.3 is 20.7 Å². The van der Waals surface area contributed by atoms with E-state index in [1.54, 1.807) is 0 Å². The summed E-state index contributed by atoms with van der Waals surface area (Å²) in [6.45, 7) is 8.62. The molecule has 0 saturated carbocycles. The minimum absolute atomic E-state index is 0.667. The number of nitrogen functional groups attached to an aromatic ring is 1. The Morgan fingerprint density at radius 3 is 2.74 bits per heavy atom. The third-order valence-electron chi connectivity index (χ3n) is 3.28. The fraction of sp³-hybridized carbons (Fsp3) is 0.467. The predicted molar refractivity (Wildman–Crippen MR) is 81.8 cm³/mol. The smallest absolute Gasteiger partial charge is 0.122 e. The van der Waals surface area contributed by atoms with Crippen molar-refractivity contribution in [1.82, 2.24) is 5.32 Å². The second kappa shape index (κ2) is 6.48. The first-order valence-corrected chi connectivity index (χ1v) is 6.91. The summed E-state index contributed by atoms with van der Waals surface area (Å²) in [5.74, 6) is 0.887. The number of ether oxygens (including phenoxy) is 1. The Morgan fingerprint density at radius 1 is 1.37 bits per heavy atom. The van der Waals surface area contributed by atoms with Gasteiger partial charge >= 0.3 is 0 Å². The van der Waals surface area contributed by atoms with Crippen LogP contribution in [0.4, 0.5) is 11.4 Å². The molecule has 3 N–H and O–H groups in total. The van der Waals surface area contributed by atoms with E-state index in [2.05, 4.69) is 16.3 Å². The van der Waals surface area contributed by atoms with Gasteiger partial charge in [0.05, 0.1) is 18.0 Å². The molecule has 104 valence electrons. The fourth-order valence-electron chi connectivity index (χ4n) is 2.37. The highest BCUT2D eigenvalue weighted by Gasteiger charge is 2.16. The molecule has 1 aliphatic rings. The first kappa shape index (κ1) is 13.7. The lowest BCUT2D eigenvalue weighted by Crippen LogP contribution is -2.43. The molecular formula is C15H23N3O. The third kappa shape index (κ3) is 3.20. The number of nitrogens with zero attached hydrogens (tertiary/aromatic N) is 1. The zero-order valence-electron chi connectivity index (χ0n) is 11.8. The van der Waals surface area contributed by atoms with Gasteiger partial charge in [-0.25, -0.2) is 0 Å². The number of rotatable bonds is 4. The molecule has 4 nitrogen and oxygen atoms in total. The number of allylic oxidation sites excluding steroid dienone is 1. The normalized spacial score (nSPS) is 16.0. The summed E-state index contributed by atoms with van der Waals surface area (Å²) >= 11 is 0. The Kier molecular flexibility index (Phi) is 4.68. The fourth-order valence-corrected chi connectivity index (χ4v) is 2.37. The number of benzene rings is 1. The lowest BCUT2D eigenvalue weighted by atomic mass is 10.1. The summed E-state index contributed by atoms with van der Waals surface area (Å²) in [6, 6.07) is 4.06. The lowest BCUT2D eigenvalue weighted by molar-refractivity contribution is 0.340. The molecule has 0 amide bonds. The van der Waals surface area contributed by atoms with Crippen molar-refractivity contribution in [2.75, 3.05) is 43.4 Å². The van der Waals surface area contributed by atoms with Gasteiger partial charge in [-0.2, -0.15) is 0 Å². The highest BCUT2D eigenvalue weighted by molar-refractivity contribution is 5.80. The number of hydrogen-bond donors (Lipinski definition) is 2. The first-order chi connectivity index (χ1) is 9.26. The maximum absolute atomic E-state index is 6.30. The predicted octanol–water partition coefficient (Wildman–Crippen LogP) is 2.11. The second-order valence-electron chi connectivity index (χ2n) is 4.62. The van der Waals surface area contributed by atoms with Gasteiger partial charge in [-0.15, -0.1) is 0 Å². The molecule has 2 rings (SSSR count). The summed E-state index contributed by atoms with van der Waals surface area (Å²) in [5, 5.41) is 3.36. The van der Waals surface area contributed by atoms with Crippen LogP contribution in [-0.2, 0) is 0 Å². The van der Waals surface area contributed by atoms with Crippen LogP contribution in [0, 0.1) is 0 Å². The van der Waals surface area contributed by atoms with E-state index >= 15 is 0 Å². The molecule has 1 aromatic rings. The molecule has 0 aromatic heterocycles. The van der Waals surface area contributed by atoms with Gasteiger partial charge in [0.15, 0.2) is 0 Å². The van der Waals surface area contributed by atoms with Crippen molar-refractivity contribution in [3.8, 4) is 5.75 Å². The van der Waals surface area contributed by atoms with Crippen molar-refractivity contribution < 1.29 is 4.74 Å². The zero-order chi connectivity index (χ0) is 13.7. The third-order valence-corrected chi connectivity index (χ3v) is 3.28. The van der Waals surface area contributed by atoms with E-state index in [0.29, 0.717) is 6.61 Å². The monoisotopic (exact) mass is 261 g/mol. The average Bonchev–Trinajstić information content (AvgIpc) is 2.44. The molecule has 4 heteroatoms. The average molecular weight is 261 g/mol. The SMILES string of the molecule is C/C=C\c1cc(OCC)cc(N2CCNCC2)c1N. The van der Waals surface area contributed by atoms with Crippen molar-refractivity contribution in [3.05, 3.63) is 23.8 Å². The Balaban J connectivity index is 2.38. The van der Waals surface area contributed by atoms with Crippen LogP contribution in [0.15, 0.2) is 18.2 Å². The minimum atomic E-state index is 0.667. The van der Waals surface area contributed by atoms with Gasteiger partial charge in [0.2, 0.25) is 0 Å². The van der Waals surface area contributed by atoms with Crippen LogP contribution in [0.25, 0.3) is 6.08 Å². The van der Waals surface area contributed by atoms with Gasteiger partial charge in [0.1, 0.15) is 5.75 Å². The highest BCUT2D eigenvalue weighted by Crippen LogP contribution is 2.33. The molecule has 0 atom stereocenters. The van der Waals surface area contributed by atoms with Crippen LogP contribution in [0.3, 0.4) is 0 Å². The minimum Gasteiger partial charge on any atom is -0.494 e. The first-order valence-electron chi connectivity index (χ1n) is 6.91. The van der Waals surface area contributed by atoms with Crippen molar-refractivity contribution >= 4 is 17.5 Å². The summed E-state index contributed by atoms with van der Waals surface area (Å²) < 4.78 is 5.65. The molecule has 1 aliphatic heterocycles. The quantitative estimate of drug-likeness (QED) is 0.815. The van der Waals surface area contributed by atoms with E-state index in [9.17, 15) is 0 Å². The van der Waals surface area contributed by atoms with Gasteiger partial charge in [0, 0.05) is 37.8 Å². The van der Waals surface area contributed by atoms with Crippen LogP contribution in [0.5, 0.6) is 5.75 Å². The second-order valence-corrected chi connectivity index (χ2v) is 4.62. The van der Waals surface area contributed by atoms with Gasteiger partial charge in [-0.1, -0.05) is 12.2 Å². The van der Waals surface area contributed by atoms with Gasteiger partial charge in [-0.05, 0) is 19.9 Å². The molecule has 0 unspecified atom stereocenters. The molecule has 1 heterocycles. The van der Waals surface area contributed by atoms with Crippen LogP contribution in [-0.4, -0.2) is 32.8 Å². The van der Waals surface area contributed by atoms with Crippen LogP contribution < -0.4 is 20.7 Å². The lowest BCUT2D eigenvalue weighted by Gasteiger charge is -2.31. The van der Waals surface area contributed by atoms with Gasteiger partial charge in [0.25, 0.3) is 0 Å². The van der Waals surface area contributed by atoms with Gasteiger partial charge in [-0.3, -0.25) is 0 Å². The number of nitrogens with one attached hydrogen (secondary N) is 1. The van der Waals surface area contributed by atoms with E-state index in [1.165, 1.54) is 0 Å². The number of anilines is 2. The Hall–Kier alpha value is -1.68. The topological polar surface area (TPSA) is 50.5 Å². The molecule has 1 saturated heterocycles. The maximum Gasteiger partial charge on any atom is 0.122 e. The summed E-state index contributed by atoms with van der Waals surface area (Å²) in [4.78, 5) is 2.32. The van der Waals surface area contributed by atoms with Crippen LogP contribution in [0.1, 0.15) is 19.4 Å². The number of hydrogen-bond acceptors (Lipinski definition) is 4. The Bertz CT molecular complexity index is 451. The Labute approximate surface area is 115 Å². The Morgan fingerprint density at radius 2 is 2.11 bits per heavy atom. The van der Waals surface area contributed by atoms with Crippen molar-refractivity contribution in [3.63, 3.8) is 0 Å². The molecular weight excluding hydrogens is 238 g/mol. The van der Waals surface area contributed by atoms with Crippen molar-refractivity contribution in [2.45, 2.75) is 13.8 Å². The summed E-state index contributed by atoms with van der Waals surface area (Å²) in [7, 11) is 0. The van der Waals surface area contributed by atoms with E-state index in [-0.39, 0.29) is 0 Å².